The van der Waals surface area contributed by atoms with Gasteiger partial charge in [-0.15, -0.1) is 11.6 Å². The first-order valence-corrected chi connectivity index (χ1v) is 15.7. The molecule has 41 heavy (non-hydrogen) atoms. The molecule has 0 radical (unpaired) electrons. The fraction of sp³-hybridized carbons (Fsp3) is 0.351. The van der Waals surface area contributed by atoms with Crippen molar-refractivity contribution in [3.8, 4) is 22.6 Å². The Bertz CT molecular complexity index is 1360. The van der Waals surface area contributed by atoms with Gasteiger partial charge in [0.25, 0.3) is 0 Å². The molecule has 6 rings (SSSR count). The molecule has 4 aromatic rings. The lowest BCUT2D eigenvalue weighted by molar-refractivity contribution is 0.0226. The number of alkyl halides is 1. The highest BCUT2D eigenvalue weighted by molar-refractivity contribution is 6.17. The Balaban J connectivity index is 1.27. The molecule has 0 heterocycles. The van der Waals surface area contributed by atoms with Gasteiger partial charge in [-0.3, -0.25) is 0 Å². The molecule has 0 atom stereocenters. The van der Waals surface area contributed by atoms with Crippen molar-refractivity contribution in [2.75, 3.05) is 25.7 Å². The molecule has 0 saturated heterocycles. The van der Waals surface area contributed by atoms with Crippen LogP contribution in [0.4, 0.5) is 0 Å². The molecule has 0 spiro atoms. The molecule has 0 unspecified atom stereocenters. The second kappa shape index (κ2) is 13.1. The Morgan fingerprint density at radius 1 is 0.585 bits per heavy atom. The van der Waals surface area contributed by atoms with Gasteiger partial charge in [0.1, 0.15) is 11.5 Å². The molecule has 0 aromatic heterocycles. The van der Waals surface area contributed by atoms with Crippen LogP contribution in [-0.2, 0) is 10.2 Å². The van der Waals surface area contributed by atoms with Crippen LogP contribution >= 0.6 is 11.6 Å². The van der Waals surface area contributed by atoms with Crippen molar-refractivity contribution in [2.45, 2.75) is 56.5 Å². The van der Waals surface area contributed by atoms with Crippen LogP contribution in [0.2, 0.25) is 0 Å². The molecule has 4 aromatic carbocycles. The van der Waals surface area contributed by atoms with E-state index in [4.69, 9.17) is 25.8 Å². The quantitative estimate of drug-likeness (QED) is 0.111. The Labute approximate surface area is 249 Å². The maximum Gasteiger partial charge on any atom is 0.119 e. The number of benzene rings is 4. The number of ether oxygens (including phenoxy) is 3. The molecule has 212 valence electrons. The van der Waals surface area contributed by atoms with Crippen LogP contribution in [0.1, 0.15) is 67.2 Å². The third kappa shape index (κ3) is 5.76. The van der Waals surface area contributed by atoms with Gasteiger partial charge in [-0.2, -0.15) is 0 Å². The third-order valence-electron chi connectivity index (χ3n) is 8.54. The van der Waals surface area contributed by atoms with Crippen molar-refractivity contribution >= 4 is 11.6 Å². The molecule has 0 aliphatic heterocycles. The van der Waals surface area contributed by atoms with Crippen LogP contribution in [0.5, 0.6) is 11.5 Å². The highest BCUT2D eigenvalue weighted by Crippen LogP contribution is 2.56. The molecular weight excluding hydrogens is 528 g/mol. The summed E-state index contributed by atoms with van der Waals surface area (Å²) in [5.41, 5.74) is 7.16. The van der Waals surface area contributed by atoms with E-state index in [1.807, 2.05) is 0 Å². The van der Waals surface area contributed by atoms with E-state index in [0.717, 1.165) is 30.9 Å². The average Bonchev–Trinajstić information content (AvgIpc) is 3.33. The van der Waals surface area contributed by atoms with Gasteiger partial charge in [-0.25, -0.2) is 0 Å². The van der Waals surface area contributed by atoms with Crippen molar-refractivity contribution in [3.63, 3.8) is 0 Å². The predicted octanol–water partition coefficient (Wildman–Crippen LogP) is 9.18. The van der Waals surface area contributed by atoms with Gasteiger partial charge in [-0.05, 0) is 76.9 Å². The maximum absolute atomic E-state index is 6.15. The first kappa shape index (κ1) is 27.9. The molecule has 3 nitrogen and oxygen atoms in total. The van der Waals surface area contributed by atoms with Crippen molar-refractivity contribution < 1.29 is 14.2 Å². The molecule has 0 bridgehead atoms. The van der Waals surface area contributed by atoms with Gasteiger partial charge in [0.05, 0.1) is 31.3 Å². The average molecular weight is 567 g/mol. The molecule has 2 aliphatic rings. The molecule has 2 aliphatic carbocycles. The summed E-state index contributed by atoms with van der Waals surface area (Å²) in [5, 5.41) is 0. The Kier molecular flexibility index (Phi) is 8.94. The van der Waals surface area contributed by atoms with E-state index < -0.39 is 5.41 Å². The Morgan fingerprint density at radius 3 is 1.63 bits per heavy atom. The molecule has 4 heteroatoms. The van der Waals surface area contributed by atoms with Crippen LogP contribution in [0.3, 0.4) is 0 Å². The number of halogens is 1. The van der Waals surface area contributed by atoms with Crippen molar-refractivity contribution in [2.24, 2.45) is 0 Å². The number of rotatable bonds is 12. The monoisotopic (exact) mass is 566 g/mol. The van der Waals surface area contributed by atoms with Crippen LogP contribution in [-0.4, -0.2) is 31.8 Å². The Hall–Kier alpha value is -3.27. The molecule has 0 amide bonds. The zero-order valence-electron chi connectivity index (χ0n) is 23.7. The lowest BCUT2D eigenvalue weighted by Gasteiger charge is -2.34. The highest BCUT2D eigenvalue weighted by Gasteiger charge is 2.45. The summed E-state index contributed by atoms with van der Waals surface area (Å²) in [5.74, 6) is 2.36. The minimum absolute atomic E-state index is 0.436. The second-order valence-corrected chi connectivity index (χ2v) is 11.5. The molecule has 1 saturated carbocycles. The normalized spacial score (nSPS) is 15.7. The van der Waals surface area contributed by atoms with Gasteiger partial charge < -0.3 is 14.2 Å². The fourth-order valence-corrected chi connectivity index (χ4v) is 6.71. The predicted molar refractivity (Wildman–Crippen MR) is 168 cm³/mol. The summed E-state index contributed by atoms with van der Waals surface area (Å²) in [6, 6.07) is 34.9. The van der Waals surface area contributed by atoms with Crippen LogP contribution in [0, 0.1) is 0 Å². The smallest absolute Gasteiger partial charge is 0.119 e. The van der Waals surface area contributed by atoms with Crippen LogP contribution in [0.15, 0.2) is 97.1 Å². The largest absolute Gasteiger partial charge is 0.494 e. The van der Waals surface area contributed by atoms with E-state index in [-0.39, 0.29) is 0 Å². The minimum atomic E-state index is -0.436. The van der Waals surface area contributed by atoms with Gasteiger partial charge in [-0.1, -0.05) is 92.1 Å². The lowest BCUT2D eigenvalue weighted by Crippen LogP contribution is -2.28. The lowest BCUT2D eigenvalue weighted by atomic mass is 9.68. The number of hydrogen-bond donors (Lipinski definition) is 0. The number of hydrogen-bond acceptors (Lipinski definition) is 3. The maximum atomic E-state index is 6.15. The first-order valence-electron chi connectivity index (χ1n) is 15.1. The summed E-state index contributed by atoms with van der Waals surface area (Å²) in [7, 11) is 0. The van der Waals surface area contributed by atoms with Gasteiger partial charge >= 0.3 is 0 Å². The van der Waals surface area contributed by atoms with E-state index in [2.05, 4.69) is 97.1 Å². The standard InChI is InChI=1S/C37H39ClO3/c38-24-8-25-39-31-20-16-28(17-21-31)37(35-14-6-4-12-33(35)34-13-5-7-15-36(34)37)29-18-22-32(23-19-29)41-27-9-26-40-30-10-2-1-3-11-30/h4-7,12-23,30H,1-3,8-11,24-27H2. The van der Waals surface area contributed by atoms with E-state index in [0.29, 0.717) is 25.2 Å². The number of fused-ring (bicyclic) bond motifs is 3. The fourth-order valence-electron chi connectivity index (χ4n) is 6.60. The van der Waals surface area contributed by atoms with Crippen molar-refractivity contribution in [1.29, 1.82) is 0 Å². The summed E-state index contributed by atoms with van der Waals surface area (Å²) < 4.78 is 18.2. The van der Waals surface area contributed by atoms with E-state index >= 15 is 0 Å². The zero-order chi connectivity index (χ0) is 27.9. The summed E-state index contributed by atoms with van der Waals surface area (Å²) in [6.07, 6.45) is 8.56. The third-order valence-corrected chi connectivity index (χ3v) is 8.80. The summed E-state index contributed by atoms with van der Waals surface area (Å²) >= 11 is 5.85. The summed E-state index contributed by atoms with van der Waals surface area (Å²) in [6.45, 7) is 2.05. The van der Waals surface area contributed by atoms with Crippen LogP contribution < -0.4 is 9.47 Å². The van der Waals surface area contributed by atoms with Gasteiger partial charge in [0, 0.05) is 12.3 Å². The molecular formula is C37H39ClO3. The summed E-state index contributed by atoms with van der Waals surface area (Å²) in [4.78, 5) is 0. The van der Waals surface area contributed by atoms with Crippen molar-refractivity contribution in [1.82, 2.24) is 0 Å². The van der Waals surface area contributed by atoms with Gasteiger partial charge in [0.15, 0.2) is 0 Å². The zero-order valence-corrected chi connectivity index (χ0v) is 24.5. The Morgan fingerprint density at radius 2 is 1.10 bits per heavy atom. The topological polar surface area (TPSA) is 27.7 Å². The highest BCUT2D eigenvalue weighted by atomic mass is 35.5. The molecule has 1 fully saturated rings. The molecule has 0 N–H and O–H groups in total. The first-order chi connectivity index (χ1) is 20.3. The van der Waals surface area contributed by atoms with Gasteiger partial charge in [0.2, 0.25) is 0 Å². The minimum Gasteiger partial charge on any atom is -0.494 e. The second-order valence-electron chi connectivity index (χ2n) is 11.1. The van der Waals surface area contributed by atoms with Crippen LogP contribution in [0.25, 0.3) is 11.1 Å². The SMILES string of the molecule is ClCCCOc1ccc(C2(c3ccc(OCCCOC4CCCCC4)cc3)c3ccccc3-c3ccccc32)cc1. The van der Waals surface area contributed by atoms with E-state index in [1.165, 1.54) is 65.5 Å². The van der Waals surface area contributed by atoms with Crippen molar-refractivity contribution in [3.05, 3.63) is 119 Å². The van der Waals surface area contributed by atoms with E-state index in [1.54, 1.807) is 0 Å². The van der Waals surface area contributed by atoms with E-state index in [9.17, 15) is 0 Å².